The molecule has 0 radical (unpaired) electrons. The lowest BCUT2D eigenvalue weighted by Gasteiger charge is -2.32. The number of halogens is 2. The monoisotopic (exact) mass is 444 g/mol. The average Bonchev–Trinajstić information content (AvgIpc) is 3.04. The number of benzene rings is 2. The molecule has 0 aliphatic heterocycles. The third-order valence-corrected chi connectivity index (χ3v) is 6.07. The van der Waals surface area contributed by atoms with Crippen LogP contribution < -0.4 is 4.74 Å². The standard InChI is InChI=1S/C23H22ClFN2O4/c1-26(22(28)13-31-17-6-2-14(24)3-7-17)16-5-9-21-19(11-16)18-10-15(25)4-8-20(18)27(21)12-23(29)30/h2-4,6-8,10,16H,5,9,11-13H2,1H3,(H,29,30)/t16-/m0/s1. The number of ether oxygens (including phenoxy) is 1. The summed E-state index contributed by atoms with van der Waals surface area (Å²) in [6.45, 7) is -0.275. The van der Waals surface area contributed by atoms with Gasteiger partial charge in [0.05, 0.1) is 0 Å². The number of carbonyl (C=O) groups excluding carboxylic acids is 1. The number of likely N-dealkylation sites (N-methyl/N-ethyl adjacent to an activating group) is 1. The number of aromatic nitrogens is 1. The van der Waals surface area contributed by atoms with Crippen molar-refractivity contribution in [1.29, 1.82) is 0 Å². The molecule has 0 saturated carbocycles. The van der Waals surface area contributed by atoms with Crippen LogP contribution in [0.25, 0.3) is 10.9 Å². The van der Waals surface area contributed by atoms with Gasteiger partial charge in [0.25, 0.3) is 5.91 Å². The summed E-state index contributed by atoms with van der Waals surface area (Å²) in [6, 6.07) is 11.1. The molecule has 162 valence electrons. The number of rotatable bonds is 6. The maximum Gasteiger partial charge on any atom is 0.323 e. The first-order valence-corrected chi connectivity index (χ1v) is 10.4. The highest BCUT2D eigenvalue weighted by Gasteiger charge is 2.30. The van der Waals surface area contributed by atoms with Gasteiger partial charge in [-0.1, -0.05) is 11.6 Å². The highest BCUT2D eigenvalue weighted by atomic mass is 35.5. The number of hydrogen-bond donors (Lipinski definition) is 1. The van der Waals surface area contributed by atoms with Crippen LogP contribution in [0.5, 0.6) is 5.75 Å². The van der Waals surface area contributed by atoms with Crippen molar-refractivity contribution in [2.24, 2.45) is 0 Å². The Morgan fingerprint density at radius 3 is 2.71 bits per heavy atom. The van der Waals surface area contributed by atoms with E-state index in [0.717, 1.165) is 11.3 Å². The Labute approximate surface area is 183 Å². The molecule has 1 atom stereocenters. The molecular formula is C23H22ClFN2O4. The number of carboxylic acid groups (broad SMARTS) is 1. The largest absolute Gasteiger partial charge is 0.484 e. The average molecular weight is 445 g/mol. The lowest BCUT2D eigenvalue weighted by molar-refractivity contribution is -0.137. The SMILES string of the molecule is CN(C(=O)COc1ccc(Cl)cc1)[C@H]1CCc2c(c3cc(F)ccc3n2CC(=O)O)C1. The third-order valence-electron chi connectivity index (χ3n) is 5.81. The first kappa shape index (κ1) is 21.2. The van der Waals surface area contributed by atoms with E-state index in [4.69, 9.17) is 16.3 Å². The van der Waals surface area contributed by atoms with Gasteiger partial charge in [0.1, 0.15) is 18.1 Å². The molecule has 31 heavy (non-hydrogen) atoms. The van der Waals surface area contributed by atoms with Crippen LogP contribution in [0.1, 0.15) is 17.7 Å². The predicted molar refractivity (Wildman–Crippen MR) is 115 cm³/mol. The summed E-state index contributed by atoms with van der Waals surface area (Å²) in [6.07, 6.45) is 1.83. The summed E-state index contributed by atoms with van der Waals surface area (Å²) in [4.78, 5) is 25.7. The summed E-state index contributed by atoms with van der Waals surface area (Å²) < 4.78 is 21.2. The molecule has 1 N–H and O–H groups in total. The smallest absolute Gasteiger partial charge is 0.323 e. The van der Waals surface area contributed by atoms with Crippen LogP contribution >= 0.6 is 11.6 Å². The van der Waals surface area contributed by atoms with Gasteiger partial charge in [0.15, 0.2) is 6.61 Å². The topological polar surface area (TPSA) is 71.8 Å². The van der Waals surface area contributed by atoms with Crippen molar-refractivity contribution in [2.45, 2.75) is 31.8 Å². The second-order valence-corrected chi connectivity index (χ2v) is 8.15. The van der Waals surface area contributed by atoms with Crippen LogP contribution in [0.2, 0.25) is 5.02 Å². The number of carboxylic acids is 1. The molecule has 0 spiro atoms. The van der Waals surface area contributed by atoms with Gasteiger partial charge in [-0.3, -0.25) is 9.59 Å². The Bertz CT molecular complexity index is 1140. The molecule has 6 nitrogen and oxygen atoms in total. The van der Waals surface area contributed by atoms with Gasteiger partial charge in [-0.25, -0.2) is 4.39 Å². The number of aliphatic carboxylic acids is 1. The van der Waals surface area contributed by atoms with Gasteiger partial charge in [-0.15, -0.1) is 0 Å². The van der Waals surface area contributed by atoms with Crippen molar-refractivity contribution in [3.63, 3.8) is 0 Å². The predicted octanol–water partition coefficient (Wildman–Crippen LogP) is 3.91. The van der Waals surface area contributed by atoms with Crippen LogP contribution in [0, 0.1) is 5.82 Å². The summed E-state index contributed by atoms with van der Waals surface area (Å²) in [7, 11) is 1.74. The fraction of sp³-hybridized carbons (Fsp3) is 0.304. The van der Waals surface area contributed by atoms with Crippen LogP contribution in [0.4, 0.5) is 4.39 Å². The first-order chi connectivity index (χ1) is 14.8. The van der Waals surface area contributed by atoms with Gasteiger partial charge >= 0.3 is 5.97 Å². The van der Waals surface area contributed by atoms with E-state index in [2.05, 4.69) is 0 Å². The lowest BCUT2D eigenvalue weighted by Crippen LogP contribution is -2.43. The van der Waals surface area contributed by atoms with E-state index in [1.165, 1.54) is 12.1 Å². The van der Waals surface area contributed by atoms with Crippen LogP contribution in [-0.4, -0.2) is 46.1 Å². The van der Waals surface area contributed by atoms with E-state index in [-0.39, 0.29) is 30.9 Å². The minimum absolute atomic E-state index is 0.0824. The molecule has 0 saturated heterocycles. The number of fused-ring (bicyclic) bond motifs is 3. The number of carbonyl (C=O) groups is 2. The molecule has 4 rings (SSSR count). The third kappa shape index (κ3) is 4.37. The minimum atomic E-state index is -0.946. The second-order valence-electron chi connectivity index (χ2n) is 7.71. The molecule has 1 aliphatic rings. The van der Waals surface area contributed by atoms with E-state index in [9.17, 15) is 19.1 Å². The van der Waals surface area contributed by atoms with Crippen molar-refractivity contribution < 1.29 is 23.8 Å². The van der Waals surface area contributed by atoms with Crippen molar-refractivity contribution in [1.82, 2.24) is 9.47 Å². The van der Waals surface area contributed by atoms with Gasteiger partial charge in [-0.2, -0.15) is 0 Å². The molecule has 8 heteroatoms. The highest BCUT2D eigenvalue weighted by Crippen LogP contribution is 2.34. The molecule has 1 aromatic heterocycles. The summed E-state index contributed by atoms with van der Waals surface area (Å²) in [5.74, 6) is -0.920. The van der Waals surface area contributed by atoms with Crippen molar-refractivity contribution in [2.75, 3.05) is 13.7 Å². The summed E-state index contributed by atoms with van der Waals surface area (Å²) in [5.41, 5.74) is 2.51. The van der Waals surface area contributed by atoms with E-state index >= 15 is 0 Å². The minimum Gasteiger partial charge on any atom is -0.484 e. The molecule has 1 amide bonds. The molecule has 0 unspecified atom stereocenters. The summed E-state index contributed by atoms with van der Waals surface area (Å²) in [5, 5.41) is 10.6. The van der Waals surface area contributed by atoms with Gasteiger partial charge in [0.2, 0.25) is 0 Å². The van der Waals surface area contributed by atoms with E-state index in [1.807, 2.05) is 0 Å². The van der Waals surface area contributed by atoms with Gasteiger partial charge in [-0.05, 0) is 67.3 Å². The first-order valence-electron chi connectivity index (χ1n) is 9.99. The Morgan fingerprint density at radius 1 is 1.26 bits per heavy atom. The molecule has 2 aromatic carbocycles. The van der Waals surface area contributed by atoms with Crippen LogP contribution in [-0.2, 0) is 29.0 Å². The zero-order valence-electron chi connectivity index (χ0n) is 17.0. The lowest BCUT2D eigenvalue weighted by atomic mass is 9.90. The molecule has 1 heterocycles. The Morgan fingerprint density at radius 2 is 2.00 bits per heavy atom. The molecule has 0 fully saturated rings. The van der Waals surface area contributed by atoms with Crippen molar-refractivity contribution >= 4 is 34.4 Å². The maximum absolute atomic E-state index is 13.9. The zero-order valence-corrected chi connectivity index (χ0v) is 17.7. The summed E-state index contributed by atoms with van der Waals surface area (Å²) >= 11 is 5.86. The molecule has 0 bridgehead atoms. The molecule has 3 aromatic rings. The van der Waals surface area contributed by atoms with E-state index in [1.54, 1.807) is 46.8 Å². The second kappa shape index (κ2) is 8.59. The van der Waals surface area contributed by atoms with Crippen LogP contribution in [0.3, 0.4) is 0 Å². The van der Waals surface area contributed by atoms with Crippen molar-refractivity contribution in [3.8, 4) is 5.75 Å². The Kier molecular flexibility index (Phi) is 5.87. The van der Waals surface area contributed by atoms with Gasteiger partial charge in [0, 0.05) is 34.7 Å². The Hall–Kier alpha value is -3.06. The normalized spacial score (nSPS) is 15.5. The number of amides is 1. The fourth-order valence-electron chi connectivity index (χ4n) is 4.23. The van der Waals surface area contributed by atoms with E-state index < -0.39 is 5.97 Å². The van der Waals surface area contributed by atoms with E-state index in [0.29, 0.717) is 40.9 Å². The molecular weight excluding hydrogens is 423 g/mol. The highest BCUT2D eigenvalue weighted by molar-refractivity contribution is 6.30. The Balaban J connectivity index is 1.53. The zero-order chi connectivity index (χ0) is 22.1. The fourth-order valence-corrected chi connectivity index (χ4v) is 4.36. The maximum atomic E-state index is 13.9. The number of hydrogen-bond acceptors (Lipinski definition) is 3. The quantitative estimate of drug-likeness (QED) is 0.625. The van der Waals surface area contributed by atoms with Crippen molar-refractivity contribution in [3.05, 3.63) is 64.6 Å². The van der Waals surface area contributed by atoms with Crippen LogP contribution in [0.15, 0.2) is 42.5 Å². The molecule has 1 aliphatic carbocycles. The number of nitrogens with zero attached hydrogens (tertiary/aromatic N) is 2. The van der Waals surface area contributed by atoms with Gasteiger partial charge < -0.3 is 19.3 Å².